The molecule has 0 fully saturated rings. The fourth-order valence-electron chi connectivity index (χ4n) is 1.56. The molecule has 0 unspecified atom stereocenters. The van der Waals surface area contributed by atoms with Crippen LogP contribution in [0, 0.1) is 0 Å². The first-order valence-corrected chi connectivity index (χ1v) is 5.33. The number of rotatable bonds is 5. The maximum atomic E-state index is 11.6. The van der Waals surface area contributed by atoms with Gasteiger partial charge in [-0.2, -0.15) is 0 Å². The number of hydrogen-bond donors (Lipinski definition) is 0. The first kappa shape index (κ1) is 13.1. The molecule has 0 aliphatic heterocycles. The normalized spacial score (nSPS) is 9.76. The standard InChI is InChI=1S/C13H14O4/c1-3-17-13(16)11-6-4-5-10(7-9(2)15)12(11)8-14/h4-6,8H,3,7H2,1-2H3. The Kier molecular flexibility index (Phi) is 4.57. The summed E-state index contributed by atoms with van der Waals surface area (Å²) in [5.74, 6) is -0.603. The number of aldehydes is 1. The molecular weight excluding hydrogens is 220 g/mol. The zero-order valence-corrected chi connectivity index (χ0v) is 9.86. The third-order valence-electron chi connectivity index (χ3n) is 2.25. The Morgan fingerprint density at radius 2 is 2.06 bits per heavy atom. The van der Waals surface area contributed by atoms with Gasteiger partial charge in [-0.05, 0) is 25.5 Å². The van der Waals surface area contributed by atoms with Crippen molar-refractivity contribution in [3.05, 3.63) is 34.9 Å². The van der Waals surface area contributed by atoms with Crippen LogP contribution in [0.3, 0.4) is 0 Å². The second-order valence-electron chi connectivity index (χ2n) is 3.60. The van der Waals surface area contributed by atoms with Crippen LogP contribution in [0.5, 0.6) is 0 Å². The molecule has 0 aliphatic rings. The molecule has 0 aromatic heterocycles. The number of ketones is 1. The molecule has 4 nitrogen and oxygen atoms in total. The van der Waals surface area contributed by atoms with Crippen LogP contribution in [0.2, 0.25) is 0 Å². The zero-order chi connectivity index (χ0) is 12.8. The van der Waals surface area contributed by atoms with E-state index in [4.69, 9.17) is 4.74 Å². The molecule has 4 heteroatoms. The van der Waals surface area contributed by atoms with Crippen molar-refractivity contribution >= 4 is 18.0 Å². The lowest BCUT2D eigenvalue weighted by Crippen LogP contribution is -2.11. The van der Waals surface area contributed by atoms with Crippen LogP contribution in [0.25, 0.3) is 0 Å². The van der Waals surface area contributed by atoms with Crippen molar-refractivity contribution in [3.8, 4) is 0 Å². The minimum atomic E-state index is -0.542. The topological polar surface area (TPSA) is 60.4 Å². The first-order valence-electron chi connectivity index (χ1n) is 5.33. The number of Topliss-reactive ketones (excluding diaryl/α,β-unsaturated/α-hetero) is 1. The lowest BCUT2D eigenvalue weighted by Gasteiger charge is -2.08. The summed E-state index contributed by atoms with van der Waals surface area (Å²) < 4.78 is 4.85. The summed E-state index contributed by atoms with van der Waals surface area (Å²) in [6.45, 7) is 3.37. The monoisotopic (exact) mass is 234 g/mol. The molecule has 0 radical (unpaired) electrons. The van der Waals surface area contributed by atoms with Crippen LogP contribution in [0.1, 0.15) is 40.1 Å². The van der Waals surface area contributed by atoms with Crippen molar-refractivity contribution in [2.75, 3.05) is 6.61 Å². The van der Waals surface area contributed by atoms with E-state index in [-0.39, 0.29) is 29.9 Å². The molecule has 0 heterocycles. The maximum absolute atomic E-state index is 11.6. The van der Waals surface area contributed by atoms with Crippen molar-refractivity contribution in [2.45, 2.75) is 20.3 Å². The van der Waals surface area contributed by atoms with Crippen LogP contribution < -0.4 is 0 Å². The van der Waals surface area contributed by atoms with Crippen LogP contribution in [-0.4, -0.2) is 24.6 Å². The highest BCUT2D eigenvalue weighted by molar-refractivity contribution is 5.99. The summed E-state index contributed by atoms with van der Waals surface area (Å²) in [5, 5.41) is 0. The van der Waals surface area contributed by atoms with Crippen molar-refractivity contribution in [2.24, 2.45) is 0 Å². The molecule has 1 rings (SSSR count). The molecule has 0 N–H and O–H groups in total. The molecule has 17 heavy (non-hydrogen) atoms. The highest BCUT2D eigenvalue weighted by atomic mass is 16.5. The molecule has 0 aliphatic carbocycles. The summed E-state index contributed by atoms with van der Waals surface area (Å²) in [6.07, 6.45) is 0.728. The average molecular weight is 234 g/mol. The third kappa shape index (κ3) is 3.24. The fraction of sp³-hybridized carbons (Fsp3) is 0.308. The molecule has 90 valence electrons. The number of benzene rings is 1. The minimum absolute atomic E-state index is 0.0610. The summed E-state index contributed by atoms with van der Waals surface area (Å²) in [4.78, 5) is 33.7. The Labute approximate surface area is 99.6 Å². The molecule has 0 atom stereocenters. The van der Waals surface area contributed by atoms with E-state index in [1.807, 2.05) is 0 Å². The Hall–Kier alpha value is -1.97. The fourth-order valence-corrected chi connectivity index (χ4v) is 1.56. The lowest BCUT2D eigenvalue weighted by molar-refractivity contribution is -0.116. The molecule has 0 saturated heterocycles. The van der Waals surface area contributed by atoms with Gasteiger partial charge in [-0.1, -0.05) is 12.1 Å². The summed E-state index contributed by atoms with van der Waals surface area (Å²) in [7, 11) is 0. The molecule has 1 aromatic carbocycles. The highest BCUT2D eigenvalue weighted by Gasteiger charge is 2.15. The summed E-state index contributed by atoms with van der Waals surface area (Å²) >= 11 is 0. The van der Waals surface area contributed by atoms with Gasteiger partial charge in [0.15, 0.2) is 6.29 Å². The molecule has 0 saturated carbocycles. The minimum Gasteiger partial charge on any atom is -0.462 e. The Morgan fingerprint density at radius 1 is 1.35 bits per heavy atom. The van der Waals surface area contributed by atoms with Gasteiger partial charge in [0, 0.05) is 12.0 Å². The van der Waals surface area contributed by atoms with E-state index >= 15 is 0 Å². The molecule has 0 spiro atoms. The van der Waals surface area contributed by atoms with E-state index in [1.54, 1.807) is 19.1 Å². The number of carbonyl (C=O) groups excluding carboxylic acids is 3. The van der Waals surface area contributed by atoms with Crippen LogP contribution >= 0.6 is 0 Å². The van der Waals surface area contributed by atoms with E-state index < -0.39 is 5.97 Å². The Morgan fingerprint density at radius 3 is 2.59 bits per heavy atom. The molecular formula is C13H14O4. The summed E-state index contributed by atoms with van der Waals surface area (Å²) in [5.41, 5.74) is 1.000. The van der Waals surface area contributed by atoms with Gasteiger partial charge >= 0.3 is 5.97 Å². The average Bonchev–Trinajstić information content (AvgIpc) is 2.28. The van der Waals surface area contributed by atoms with Gasteiger partial charge in [0.25, 0.3) is 0 Å². The van der Waals surface area contributed by atoms with Crippen molar-refractivity contribution < 1.29 is 19.1 Å². The SMILES string of the molecule is CCOC(=O)c1cccc(CC(C)=O)c1C=O. The van der Waals surface area contributed by atoms with E-state index in [9.17, 15) is 14.4 Å². The highest BCUT2D eigenvalue weighted by Crippen LogP contribution is 2.15. The smallest absolute Gasteiger partial charge is 0.338 e. The van der Waals surface area contributed by atoms with E-state index in [0.717, 1.165) is 0 Å². The second kappa shape index (κ2) is 5.94. The Bertz CT molecular complexity index is 449. The van der Waals surface area contributed by atoms with Crippen molar-refractivity contribution in [1.29, 1.82) is 0 Å². The van der Waals surface area contributed by atoms with E-state index in [0.29, 0.717) is 11.8 Å². The summed E-state index contributed by atoms with van der Waals surface area (Å²) in [6, 6.07) is 4.82. The van der Waals surface area contributed by atoms with Crippen LogP contribution in [-0.2, 0) is 16.0 Å². The Balaban J connectivity index is 3.18. The van der Waals surface area contributed by atoms with Gasteiger partial charge in [-0.15, -0.1) is 0 Å². The predicted octanol–water partition coefficient (Wildman–Crippen LogP) is 1.81. The van der Waals surface area contributed by atoms with Crippen LogP contribution in [0.15, 0.2) is 18.2 Å². The van der Waals surface area contributed by atoms with Gasteiger partial charge < -0.3 is 4.74 Å². The number of ether oxygens (including phenoxy) is 1. The predicted molar refractivity (Wildman–Crippen MR) is 62.2 cm³/mol. The number of carbonyl (C=O) groups is 3. The molecule has 1 aromatic rings. The third-order valence-corrected chi connectivity index (χ3v) is 2.25. The van der Waals surface area contributed by atoms with E-state index in [2.05, 4.69) is 0 Å². The number of esters is 1. The van der Waals surface area contributed by atoms with E-state index in [1.165, 1.54) is 13.0 Å². The van der Waals surface area contributed by atoms with Crippen molar-refractivity contribution in [3.63, 3.8) is 0 Å². The number of hydrogen-bond acceptors (Lipinski definition) is 4. The van der Waals surface area contributed by atoms with Gasteiger partial charge in [-0.25, -0.2) is 4.79 Å². The quantitative estimate of drug-likeness (QED) is 0.575. The zero-order valence-electron chi connectivity index (χ0n) is 9.86. The van der Waals surface area contributed by atoms with Gasteiger partial charge in [0.2, 0.25) is 0 Å². The largest absolute Gasteiger partial charge is 0.462 e. The van der Waals surface area contributed by atoms with Crippen molar-refractivity contribution in [1.82, 2.24) is 0 Å². The van der Waals surface area contributed by atoms with Gasteiger partial charge in [0.1, 0.15) is 5.78 Å². The lowest BCUT2D eigenvalue weighted by atomic mass is 9.98. The molecule has 0 amide bonds. The van der Waals surface area contributed by atoms with Crippen LogP contribution in [0.4, 0.5) is 0 Å². The second-order valence-corrected chi connectivity index (χ2v) is 3.60. The first-order chi connectivity index (χ1) is 8.10. The maximum Gasteiger partial charge on any atom is 0.338 e. The van der Waals surface area contributed by atoms with Gasteiger partial charge in [0.05, 0.1) is 12.2 Å². The van der Waals surface area contributed by atoms with Gasteiger partial charge in [-0.3, -0.25) is 9.59 Å². The molecule has 0 bridgehead atoms.